The van der Waals surface area contributed by atoms with Crippen LogP contribution >= 0.6 is 11.6 Å². The molecule has 2 amide bonds. The summed E-state index contributed by atoms with van der Waals surface area (Å²) in [4.78, 5) is 29.6. The number of hydrogen-bond acceptors (Lipinski definition) is 4. The summed E-state index contributed by atoms with van der Waals surface area (Å²) >= 11 is 6.55. The van der Waals surface area contributed by atoms with Crippen molar-refractivity contribution in [3.05, 3.63) is 106 Å². The normalized spacial score (nSPS) is 13.8. The molecule has 4 aromatic rings. The summed E-state index contributed by atoms with van der Waals surface area (Å²) in [5.74, 6) is -0.465. The highest BCUT2D eigenvalue weighted by Gasteiger charge is 2.31. The number of aryl methyl sites for hydroxylation is 1. The molecule has 1 fully saturated rings. The number of nitrogens with zero attached hydrogens (tertiary/aromatic N) is 2. The molecular weight excluding hydrogens is 543 g/mol. The number of anilines is 2. The van der Waals surface area contributed by atoms with Crippen molar-refractivity contribution in [1.29, 1.82) is 0 Å². The second kappa shape index (κ2) is 11.1. The molecule has 2 heterocycles. The molecule has 1 aromatic heterocycles. The largest absolute Gasteiger partial charge is 0.451 e. The first kappa shape index (κ1) is 27.3. The van der Waals surface area contributed by atoms with Gasteiger partial charge >= 0.3 is 6.18 Å². The first-order valence-electron chi connectivity index (χ1n) is 12.6. The molecule has 1 saturated heterocycles. The SMILES string of the molecule is Cc1ccccc1C(=O)N1CCN(c2ccc(NC(=O)c3ccc(-c4cccc(C(F)(F)F)c4)o3)cc2Cl)CC1. The molecular formula is C30H25ClF3N3O3. The number of furan rings is 1. The number of benzene rings is 3. The van der Waals surface area contributed by atoms with Crippen molar-refractivity contribution in [3.8, 4) is 11.3 Å². The van der Waals surface area contributed by atoms with Crippen LogP contribution in [-0.4, -0.2) is 42.9 Å². The summed E-state index contributed by atoms with van der Waals surface area (Å²) in [6.45, 7) is 4.23. The van der Waals surface area contributed by atoms with E-state index in [2.05, 4.69) is 10.2 Å². The topological polar surface area (TPSA) is 65.8 Å². The van der Waals surface area contributed by atoms with E-state index >= 15 is 0 Å². The van der Waals surface area contributed by atoms with Gasteiger partial charge in [-0.15, -0.1) is 0 Å². The molecule has 0 spiro atoms. The van der Waals surface area contributed by atoms with Gasteiger partial charge in [0.1, 0.15) is 5.76 Å². The Balaban J connectivity index is 1.21. The number of nitrogens with one attached hydrogen (secondary N) is 1. The molecule has 0 saturated carbocycles. The molecule has 0 bridgehead atoms. The zero-order valence-electron chi connectivity index (χ0n) is 21.5. The quantitative estimate of drug-likeness (QED) is 0.278. The Morgan fingerprint density at radius 3 is 2.35 bits per heavy atom. The second-order valence-corrected chi connectivity index (χ2v) is 9.86. The Morgan fingerprint density at radius 2 is 1.65 bits per heavy atom. The molecule has 1 N–H and O–H groups in total. The van der Waals surface area contributed by atoms with Gasteiger partial charge in [0.2, 0.25) is 0 Å². The van der Waals surface area contributed by atoms with E-state index in [4.69, 9.17) is 16.0 Å². The minimum absolute atomic E-state index is 0.0102. The number of carbonyl (C=O) groups excluding carboxylic acids is 2. The van der Waals surface area contributed by atoms with Gasteiger partial charge in [-0.1, -0.05) is 41.9 Å². The third-order valence-electron chi connectivity index (χ3n) is 6.79. The maximum atomic E-state index is 13.0. The second-order valence-electron chi connectivity index (χ2n) is 9.46. The molecule has 0 unspecified atom stereocenters. The van der Waals surface area contributed by atoms with Crippen molar-refractivity contribution in [1.82, 2.24) is 4.90 Å². The summed E-state index contributed by atoms with van der Waals surface area (Å²) in [6, 6.07) is 20.2. The van der Waals surface area contributed by atoms with Crippen LogP contribution in [-0.2, 0) is 6.18 Å². The lowest BCUT2D eigenvalue weighted by Gasteiger charge is -2.36. The Kier molecular flexibility index (Phi) is 7.58. The summed E-state index contributed by atoms with van der Waals surface area (Å²) < 4.78 is 44.7. The fourth-order valence-electron chi connectivity index (χ4n) is 4.63. The summed E-state index contributed by atoms with van der Waals surface area (Å²) in [5, 5.41) is 3.14. The molecule has 6 nitrogen and oxygen atoms in total. The number of alkyl halides is 3. The zero-order chi connectivity index (χ0) is 28.4. The van der Waals surface area contributed by atoms with E-state index in [1.165, 1.54) is 24.3 Å². The molecule has 1 aliphatic heterocycles. The van der Waals surface area contributed by atoms with Crippen LogP contribution in [0, 0.1) is 6.92 Å². The monoisotopic (exact) mass is 567 g/mol. The summed E-state index contributed by atoms with van der Waals surface area (Å²) in [5.41, 5.74) is 2.27. The molecule has 10 heteroatoms. The third kappa shape index (κ3) is 5.84. The zero-order valence-corrected chi connectivity index (χ0v) is 22.2. The van der Waals surface area contributed by atoms with E-state index in [0.29, 0.717) is 42.5 Å². The first-order chi connectivity index (χ1) is 19.1. The number of halogens is 4. The van der Waals surface area contributed by atoms with E-state index < -0.39 is 17.6 Å². The molecule has 1 aliphatic rings. The van der Waals surface area contributed by atoms with Crippen LogP contribution in [0.3, 0.4) is 0 Å². The van der Waals surface area contributed by atoms with Crippen LogP contribution in [0.25, 0.3) is 11.3 Å². The van der Waals surface area contributed by atoms with Crippen LogP contribution in [0.5, 0.6) is 0 Å². The highest BCUT2D eigenvalue weighted by molar-refractivity contribution is 6.33. The summed E-state index contributed by atoms with van der Waals surface area (Å²) in [7, 11) is 0. The lowest BCUT2D eigenvalue weighted by molar-refractivity contribution is -0.137. The number of piperazine rings is 1. The molecule has 40 heavy (non-hydrogen) atoms. The van der Waals surface area contributed by atoms with Crippen molar-refractivity contribution in [2.45, 2.75) is 13.1 Å². The number of carbonyl (C=O) groups is 2. The Labute approximate surface area is 234 Å². The molecule has 5 rings (SSSR count). The van der Waals surface area contributed by atoms with Crippen molar-refractivity contribution < 1.29 is 27.2 Å². The van der Waals surface area contributed by atoms with Gasteiger partial charge < -0.3 is 19.5 Å². The average molecular weight is 568 g/mol. The molecule has 3 aromatic carbocycles. The lowest BCUT2D eigenvalue weighted by atomic mass is 10.1. The van der Waals surface area contributed by atoms with E-state index in [9.17, 15) is 22.8 Å². The maximum absolute atomic E-state index is 13.0. The smallest absolute Gasteiger partial charge is 0.416 e. The summed E-state index contributed by atoms with van der Waals surface area (Å²) in [6.07, 6.45) is -4.49. The number of rotatable bonds is 5. The minimum atomic E-state index is -4.49. The Morgan fingerprint density at radius 1 is 0.900 bits per heavy atom. The molecule has 0 aliphatic carbocycles. The van der Waals surface area contributed by atoms with Crippen molar-refractivity contribution in [3.63, 3.8) is 0 Å². The van der Waals surface area contributed by atoms with Crippen LogP contribution in [0.4, 0.5) is 24.5 Å². The lowest BCUT2D eigenvalue weighted by Crippen LogP contribution is -2.49. The van der Waals surface area contributed by atoms with Gasteiger partial charge in [0, 0.05) is 43.0 Å². The predicted molar refractivity (Wildman–Crippen MR) is 148 cm³/mol. The van der Waals surface area contributed by atoms with Crippen LogP contribution in [0.1, 0.15) is 32.0 Å². The van der Waals surface area contributed by atoms with Gasteiger partial charge in [0.15, 0.2) is 5.76 Å². The van der Waals surface area contributed by atoms with Gasteiger partial charge in [0.05, 0.1) is 16.3 Å². The molecule has 0 radical (unpaired) electrons. The average Bonchev–Trinajstić information content (AvgIpc) is 3.44. The third-order valence-corrected chi connectivity index (χ3v) is 7.10. The van der Waals surface area contributed by atoms with Gasteiger partial charge in [-0.25, -0.2) is 0 Å². The van der Waals surface area contributed by atoms with Crippen LogP contribution in [0.15, 0.2) is 83.3 Å². The minimum Gasteiger partial charge on any atom is -0.451 e. The van der Waals surface area contributed by atoms with Gasteiger partial charge in [0.25, 0.3) is 11.8 Å². The van der Waals surface area contributed by atoms with E-state index in [0.717, 1.165) is 23.4 Å². The van der Waals surface area contributed by atoms with Crippen LogP contribution in [0.2, 0.25) is 5.02 Å². The van der Waals surface area contributed by atoms with Gasteiger partial charge in [-0.3, -0.25) is 9.59 Å². The van der Waals surface area contributed by atoms with Gasteiger partial charge in [-0.05, 0) is 61.0 Å². The number of amides is 2. The number of hydrogen-bond donors (Lipinski definition) is 1. The van der Waals surface area contributed by atoms with Crippen molar-refractivity contribution in [2.75, 3.05) is 36.4 Å². The van der Waals surface area contributed by atoms with Crippen molar-refractivity contribution >= 4 is 34.8 Å². The van der Waals surface area contributed by atoms with Crippen LogP contribution < -0.4 is 10.2 Å². The predicted octanol–water partition coefficient (Wildman–Crippen LogP) is 7.14. The Hall–Kier alpha value is -4.24. The van der Waals surface area contributed by atoms with Gasteiger partial charge in [-0.2, -0.15) is 13.2 Å². The first-order valence-corrected chi connectivity index (χ1v) is 13.0. The standard InChI is InChI=1S/C30H25ClF3N3O3/c1-19-5-2-3-8-23(19)29(39)37-15-13-36(14-16-37)25-10-9-22(18-24(25)31)35-28(38)27-12-11-26(40-27)20-6-4-7-21(17-20)30(32,33)34/h2-12,17-18H,13-16H2,1H3,(H,35,38). The molecule has 206 valence electrons. The fraction of sp³-hybridized carbons (Fsp3) is 0.200. The fourth-order valence-corrected chi connectivity index (χ4v) is 4.93. The van der Waals surface area contributed by atoms with E-state index in [1.807, 2.05) is 36.1 Å². The highest BCUT2D eigenvalue weighted by Crippen LogP contribution is 2.33. The van der Waals surface area contributed by atoms with E-state index in [-0.39, 0.29) is 23.0 Å². The van der Waals surface area contributed by atoms with E-state index in [1.54, 1.807) is 18.2 Å². The highest BCUT2D eigenvalue weighted by atomic mass is 35.5. The van der Waals surface area contributed by atoms with Crippen molar-refractivity contribution in [2.24, 2.45) is 0 Å². The Bertz CT molecular complexity index is 1560. The molecule has 0 atom stereocenters. The maximum Gasteiger partial charge on any atom is 0.416 e.